The standard InChI is InChI=1S/C17H22O2/c1-11-7-12-9-14(8-11)16(15(18)10-12)17(19)13-5-3-2-4-6-13/h2-6,12,14-19H,1,7-10H2/t12?,14?,15-,16+,17-/m1/s1. The van der Waals surface area contributed by atoms with Crippen LogP contribution in [0.2, 0.25) is 0 Å². The fourth-order valence-corrected chi connectivity index (χ4v) is 4.08. The lowest BCUT2D eigenvalue weighted by Gasteiger charge is -2.45. The molecule has 0 aromatic heterocycles. The van der Waals surface area contributed by atoms with E-state index in [1.54, 1.807) is 0 Å². The Hall–Kier alpha value is -1.12. The van der Waals surface area contributed by atoms with Crippen LogP contribution in [0, 0.1) is 17.8 Å². The number of hydrogen-bond donors (Lipinski definition) is 2. The van der Waals surface area contributed by atoms with Crippen molar-refractivity contribution in [2.75, 3.05) is 0 Å². The van der Waals surface area contributed by atoms with Gasteiger partial charge in [0, 0.05) is 5.92 Å². The molecule has 3 rings (SSSR count). The van der Waals surface area contributed by atoms with Crippen LogP contribution in [0.5, 0.6) is 0 Å². The summed E-state index contributed by atoms with van der Waals surface area (Å²) in [5.74, 6) is 0.904. The third-order valence-electron chi connectivity index (χ3n) is 4.83. The van der Waals surface area contributed by atoms with Crippen LogP contribution in [-0.2, 0) is 0 Å². The molecule has 0 amide bonds. The molecule has 2 bridgehead atoms. The predicted octanol–water partition coefficient (Wildman–Crippen LogP) is 3.07. The number of fused-ring (bicyclic) bond motifs is 2. The van der Waals surface area contributed by atoms with E-state index in [1.807, 2.05) is 30.3 Å². The van der Waals surface area contributed by atoms with Crippen molar-refractivity contribution in [2.45, 2.75) is 37.9 Å². The molecular weight excluding hydrogens is 236 g/mol. The summed E-state index contributed by atoms with van der Waals surface area (Å²) < 4.78 is 0. The van der Waals surface area contributed by atoms with Gasteiger partial charge in [0.25, 0.3) is 0 Å². The molecule has 2 fully saturated rings. The molecule has 0 aliphatic heterocycles. The quantitative estimate of drug-likeness (QED) is 0.800. The van der Waals surface area contributed by atoms with Crippen molar-refractivity contribution < 1.29 is 10.2 Å². The number of rotatable bonds is 2. The Bertz CT molecular complexity index is 452. The molecule has 19 heavy (non-hydrogen) atoms. The highest BCUT2D eigenvalue weighted by Crippen LogP contribution is 2.48. The molecule has 102 valence electrons. The molecule has 0 saturated heterocycles. The summed E-state index contributed by atoms with van der Waals surface area (Å²) in [5, 5.41) is 21.0. The van der Waals surface area contributed by atoms with Crippen molar-refractivity contribution in [3.63, 3.8) is 0 Å². The first-order chi connectivity index (χ1) is 9.15. The van der Waals surface area contributed by atoms with Crippen LogP contribution in [0.3, 0.4) is 0 Å². The van der Waals surface area contributed by atoms with E-state index in [1.165, 1.54) is 5.57 Å². The number of aliphatic hydroxyl groups is 2. The Morgan fingerprint density at radius 2 is 1.84 bits per heavy atom. The molecular formula is C17H22O2. The Labute approximate surface area is 114 Å². The van der Waals surface area contributed by atoms with Gasteiger partial charge < -0.3 is 10.2 Å². The fourth-order valence-electron chi connectivity index (χ4n) is 4.08. The third kappa shape index (κ3) is 2.47. The van der Waals surface area contributed by atoms with Gasteiger partial charge in [-0.25, -0.2) is 0 Å². The van der Waals surface area contributed by atoms with Crippen LogP contribution in [0.25, 0.3) is 0 Å². The van der Waals surface area contributed by atoms with E-state index in [2.05, 4.69) is 6.58 Å². The lowest BCUT2D eigenvalue weighted by Crippen LogP contribution is -2.42. The first-order valence-electron chi connectivity index (χ1n) is 7.23. The van der Waals surface area contributed by atoms with Crippen LogP contribution < -0.4 is 0 Å². The molecule has 0 heterocycles. The third-order valence-corrected chi connectivity index (χ3v) is 4.83. The molecule has 2 saturated carbocycles. The Morgan fingerprint density at radius 1 is 1.11 bits per heavy atom. The molecule has 0 radical (unpaired) electrons. The molecule has 2 nitrogen and oxygen atoms in total. The number of aliphatic hydroxyl groups excluding tert-OH is 2. The zero-order valence-corrected chi connectivity index (χ0v) is 11.2. The maximum Gasteiger partial charge on any atom is 0.0845 e. The Kier molecular flexibility index (Phi) is 3.46. The van der Waals surface area contributed by atoms with E-state index < -0.39 is 6.10 Å². The largest absolute Gasteiger partial charge is 0.393 e. The van der Waals surface area contributed by atoms with Crippen LogP contribution >= 0.6 is 0 Å². The first-order valence-corrected chi connectivity index (χ1v) is 7.23. The second-order valence-corrected chi connectivity index (χ2v) is 6.26. The summed E-state index contributed by atoms with van der Waals surface area (Å²) in [7, 11) is 0. The molecule has 2 N–H and O–H groups in total. The Balaban J connectivity index is 1.84. The van der Waals surface area contributed by atoms with Crippen molar-refractivity contribution in [3.8, 4) is 0 Å². The summed E-state index contributed by atoms with van der Waals surface area (Å²) in [6.07, 6.45) is 3.01. The second kappa shape index (κ2) is 5.10. The van der Waals surface area contributed by atoms with Gasteiger partial charge in [-0.05, 0) is 43.1 Å². The van der Waals surface area contributed by atoms with Crippen molar-refractivity contribution >= 4 is 0 Å². The van der Waals surface area contributed by atoms with Crippen molar-refractivity contribution in [2.24, 2.45) is 17.8 Å². The van der Waals surface area contributed by atoms with E-state index in [0.29, 0.717) is 11.8 Å². The highest BCUT2D eigenvalue weighted by molar-refractivity contribution is 5.20. The van der Waals surface area contributed by atoms with E-state index in [0.717, 1.165) is 31.2 Å². The number of allylic oxidation sites excluding steroid dienone is 1. The van der Waals surface area contributed by atoms with Gasteiger partial charge in [-0.2, -0.15) is 0 Å². The number of hydrogen-bond acceptors (Lipinski definition) is 2. The van der Waals surface area contributed by atoms with Gasteiger partial charge in [0.15, 0.2) is 0 Å². The zero-order chi connectivity index (χ0) is 13.4. The number of benzene rings is 1. The minimum atomic E-state index is -0.562. The summed E-state index contributed by atoms with van der Waals surface area (Å²) in [6, 6.07) is 9.72. The molecule has 2 unspecified atom stereocenters. The van der Waals surface area contributed by atoms with Crippen LogP contribution in [-0.4, -0.2) is 16.3 Å². The van der Waals surface area contributed by atoms with Gasteiger partial charge in [0.2, 0.25) is 0 Å². The summed E-state index contributed by atoms with van der Waals surface area (Å²) in [5.41, 5.74) is 2.21. The van der Waals surface area contributed by atoms with Gasteiger partial charge in [-0.1, -0.05) is 42.5 Å². The summed E-state index contributed by atoms with van der Waals surface area (Å²) >= 11 is 0. The van der Waals surface area contributed by atoms with Gasteiger partial charge >= 0.3 is 0 Å². The van der Waals surface area contributed by atoms with Crippen LogP contribution in [0.4, 0.5) is 0 Å². The Morgan fingerprint density at radius 3 is 2.58 bits per heavy atom. The lowest BCUT2D eigenvalue weighted by molar-refractivity contribution is -0.0683. The van der Waals surface area contributed by atoms with Crippen molar-refractivity contribution in [1.82, 2.24) is 0 Å². The minimum absolute atomic E-state index is 0.0456. The minimum Gasteiger partial charge on any atom is -0.393 e. The predicted molar refractivity (Wildman–Crippen MR) is 75.5 cm³/mol. The maximum absolute atomic E-state index is 10.6. The summed E-state index contributed by atoms with van der Waals surface area (Å²) in [6.45, 7) is 4.12. The SMILES string of the molecule is C=C1CC2CC(C1)[C@H]([C@H](O)c1ccccc1)[C@H](O)C2. The molecule has 2 aliphatic carbocycles. The van der Waals surface area contributed by atoms with Crippen LogP contribution in [0.1, 0.15) is 37.4 Å². The first kappa shape index (κ1) is 12.9. The lowest BCUT2D eigenvalue weighted by atomic mass is 9.62. The molecule has 1 aromatic rings. The molecule has 0 spiro atoms. The van der Waals surface area contributed by atoms with Gasteiger partial charge in [-0.15, -0.1) is 0 Å². The average Bonchev–Trinajstić information content (AvgIpc) is 2.38. The highest BCUT2D eigenvalue weighted by atomic mass is 16.3. The average molecular weight is 258 g/mol. The van der Waals surface area contributed by atoms with Gasteiger partial charge in [0.1, 0.15) is 0 Å². The highest BCUT2D eigenvalue weighted by Gasteiger charge is 2.43. The monoisotopic (exact) mass is 258 g/mol. The second-order valence-electron chi connectivity index (χ2n) is 6.26. The van der Waals surface area contributed by atoms with Crippen LogP contribution in [0.15, 0.2) is 42.5 Å². The van der Waals surface area contributed by atoms with E-state index in [4.69, 9.17) is 0 Å². The van der Waals surface area contributed by atoms with Crippen molar-refractivity contribution in [3.05, 3.63) is 48.0 Å². The van der Waals surface area contributed by atoms with Gasteiger partial charge in [-0.3, -0.25) is 0 Å². The normalized spacial score (nSPS) is 36.0. The zero-order valence-electron chi connectivity index (χ0n) is 11.2. The van der Waals surface area contributed by atoms with E-state index in [9.17, 15) is 10.2 Å². The van der Waals surface area contributed by atoms with E-state index in [-0.39, 0.29) is 12.0 Å². The van der Waals surface area contributed by atoms with Gasteiger partial charge in [0.05, 0.1) is 12.2 Å². The smallest absolute Gasteiger partial charge is 0.0845 e. The molecule has 1 aromatic carbocycles. The molecule has 2 heteroatoms. The maximum atomic E-state index is 10.6. The fraction of sp³-hybridized carbons (Fsp3) is 0.529. The molecule has 2 aliphatic rings. The topological polar surface area (TPSA) is 40.5 Å². The van der Waals surface area contributed by atoms with Crippen molar-refractivity contribution in [1.29, 1.82) is 0 Å². The molecule has 5 atom stereocenters. The van der Waals surface area contributed by atoms with E-state index >= 15 is 0 Å². The summed E-state index contributed by atoms with van der Waals surface area (Å²) in [4.78, 5) is 0.